The average molecular weight is 251 g/mol. The van der Waals surface area contributed by atoms with Crippen LogP contribution in [0.2, 0.25) is 0 Å². The molecule has 94 valence electrons. The van der Waals surface area contributed by atoms with Crippen LogP contribution in [0.3, 0.4) is 0 Å². The van der Waals surface area contributed by atoms with E-state index < -0.39 is 24.7 Å². The number of amides is 1. The van der Waals surface area contributed by atoms with E-state index in [0.29, 0.717) is 5.56 Å². The Morgan fingerprint density at radius 1 is 1.35 bits per heavy atom. The Morgan fingerprint density at radius 3 is 2.53 bits per heavy atom. The number of hydrogen-bond acceptors (Lipinski definition) is 2. The largest absolute Gasteiger partial charge is 0.440 e. The number of carbonyl (C=O) groups is 1. The number of aryl methyl sites for hydroxylation is 1. The third kappa shape index (κ3) is 5.19. The molecular formula is C10H9F4NO2. The molecule has 1 aromatic rings. The zero-order chi connectivity index (χ0) is 13.1. The van der Waals surface area contributed by atoms with Gasteiger partial charge in [-0.05, 0) is 30.7 Å². The van der Waals surface area contributed by atoms with Gasteiger partial charge in [-0.25, -0.2) is 9.18 Å². The van der Waals surface area contributed by atoms with E-state index >= 15 is 0 Å². The van der Waals surface area contributed by atoms with Gasteiger partial charge in [0, 0.05) is 5.69 Å². The van der Waals surface area contributed by atoms with Gasteiger partial charge in [0.05, 0.1) is 0 Å². The van der Waals surface area contributed by atoms with Gasteiger partial charge in [-0.2, -0.15) is 13.2 Å². The lowest BCUT2D eigenvalue weighted by Crippen LogP contribution is -2.23. The SMILES string of the molecule is Cc1cc(F)cc(NC(=O)OCC(F)(F)F)c1. The summed E-state index contributed by atoms with van der Waals surface area (Å²) in [6.07, 6.45) is -5.87. The second kappa shape index (κ2) is 5.03. The van der Waals surface area contributed by atoms with Crippen molar-refractivity contribution in [2.45, 2.75) is 13.1 Å². The first-order valence-electron chi connectivity index (χ1n) is 4.54. The number of anilines is 1. The summed E-state index contributed by atoms with van der Waals surface area (Å²) in [5.74, 6) is -0.601. The number of ether oxygens (including phenoxy) is 1. The van der Waals surface area contributed by atoms with E-state index in [2.05, 4.69) is 4.74 Å². The van der Waals surface area contributed by atoms with Crippen molar-refractivity contribution in [1.82, 2.24) is 0 Å². The van der Waals surface area contributed by atoms with Crippen LogP contribution in [-0.2, 0) is 4.74 Å². The van der Waals surface area contributed by atoms with Gasteiger partial charge in [-0.1, -0.05) is 0 Å². The fraction of sp³-hybridized carbons (Fsp3) is 0.300. The molecular weight excluding hydrogens is 242 g/mol. The molecule has 0 aromatic heterocycles. The van der Waals surface area contributed by atoms with Crippen LogP contribution in [0.1, 0.15) is 5.56 Å². The molecule has 0 saturated heterocycles. The highest BCUT2D eigenvalue weighted by molar-refractivity contribution is 5.84. The van der Waals surface area contributed by atoms with Gasteiger partial charge in [0.15, 0.2) is 6.61 Å². The predicted molar refractivity (Wildman–Crippen MR) is 52.2 cm³/mol. The number of nitrogens with one attached hydrogen (secondary N) is 1. The zero-order valence-corrected chi connectivity index (χ0v) is 8.77. The Labute approximate surface area is 94.4 Å². The van der Waals surface area contributed by atoms with Crippen LogP contribution in [0.25, 0.3) is 0 Å². The van der Waals surface area contributed by atoms with E-state index in [9.17, 15) is 22.4 Å². The summed E-state index contributed by atoms with van der Waals surface area (Å²) in [4.78, 5) is 10.9. The summed E-state index contributed by atoms with van der Waals surface area (Å²) in [6.45, 7) is -0.109. The zero-order valence-electron chi connectivity index (χ0n) is 8.77. The molecule has 7 heteroatoms. The normalized spacial score (nSPS) is 11.1. The maximum atomic E-state index is 12.9. The third-order valence-corrected chi connectivity index (χ3v) is 1.66. The van der Waals surface area contributed by atoms with Gasteiger partial charge in [-0.3, -0.25) is 5.32 Å². The number of benzene rings is 1. The quantitative estimate of drug-likeness (QED) is 0.819. The Kier molecular flexibility index (Phi) is 3.93. The van der Waals surface area contributed by atoms with E-state index in [4.69, 9.17) is 0 Å². The Morgan fingerprint density at radius 2 is 2.00 bits per heavy atom. The van der Waals surface area contributed by atoms with Gasteiger partial charge < -0.3 is 4.74 Å². The first-order valence-corrected chi connectivity index (χ1v) is 4.54. The Bertz CT molecular complexity index is 397. The van der Waals surface area contributed by atoms with Gasteiger partial charge in [0.1, 0.15) is 5.82 Å². The molecule has 0 saturated carbocycles. The number of hydrogen-bond donors (Lipinski definition) is 1. The van der Waals surface area contributed by atoms with Crippen molar-refractivity contribution in [2.24, 2.45) is 0 Å². The van der Waals surface area contributed by atoms with E-state index in [1.807, 2.05) is 5.32 Å². The Hall–Kier alpha value is -1.79. The molecule has 0 aliphatic heterocycles. The van der Waals surface area contributed by atoms with Crippen LogP contribution in [0.5, 0.6) is 0 Å². The maximum absolute atomic E-state index is 12.9. The molecule has 0 bridgehead atoms. The van der Waals surface area contributed by atoms with Crippen LogP contribution < -0.4 is 5.32 Å². The molecule has 3 nitrogen and oxygen atoms in total. The van der Waals surface area contributed by atoms with Gasteiger partial charge in [-0.15, -0.1) is 0 Å². The molecule has 0 unspecified atom stereocenters. The number of halogens is 4. The van der Waals surface area contributed by atoms with E-state index in [1.54, 1.807) is 6.92 Å². The minimum atomic E-state index is -4.59. The molecule has 17 heavy (non-hydrogen) atoms. The molecule has 0 aliphatic rings. The van der Waals surface area contributed by atoms with E-state index in [0.717, 1.165) is 6.07 Å². The molecule has 0 spiro atoms. The topological polar surface area (TPSA) is 38.3 Å². The molecule has 0 fully saturated rings. The van der Waals surface area contributed by atoms with Crippen molar-refractivity contribution in [3.05, 3.63) is 29.6 Å². The van der Waals surface area contributed by atoms with Crippen molar-refractivity contribution >= 4 is 11.8 Å². The number of alkyl halides is 3. The summed E-state index contributed by atoms with van der Waals surface area (Å²) in [5.41, 5.74) is 0.561. The number of carbonyl (C=O) groups excluding carboxylic acids is 1. The lowest BCUT2D eigenvalue weighted by atomic mass is 10.2. The van der Waals surface area contributed by atoms with Crippen LogP contribution in [-0.4, -0.2) is 18.9 Å². The van der Waals surface area contributed by atoms with Gasteiger partial charge in [0.25, 0.3) is 0 Å². The first-order chi connectivity index (χ1) is 7.76. The van der Waals surface area contributed by atoms with Gasteiger partial charge in [0.2, 0.25) is 0 Å². The molecule has 1 rings (SSSR count). The van der Waals surface area contributed by atoms with Crippen molar-refractivity contribution in [1.29, 1.82) is 0 Å². The second-order valence-corrected chi connectivity index (χ2v) is 3.33. The third-order valence-electron chi connectivity index (χ3n) is 1.66. The molecule has 0 radical (unpaired) electrons. The fourth-order valence-electron chi connectivity index (χ4n) is 1.11. The summed E-state index contributed by atoms with van der Waals surface area (Å²) in [7, 11) is 0. The van der Waals surface area contributed by atoms with Crippen LogP contribution >= 0.6 is 0 Å². The van der Waals surface area contributed by atoms with Crippen molar-refractivity contribution in [2.75, 3.05) is 11.9 Å². The van der Waals surface area contributed by atoms with E-state index in [-0.39, 0.29) is 5.69 Å². The molecule has 0 aliphatic carbocycles. The van der Waals surface area contributed by atoms with Crippen molar-refractivity contribution < 1.29 is 27.1 Å². The highest BCUT2D eigenvalue weighted by atomic mass is 19.4. The monoisotopic (exact) mass is 251 g/mol. The highest BCUT2D eigenvalue weighted by Gasteiger charge is 2.29. The molecule has 1 amide bonds. The lowest BCUT2D eigenvalue weighted by Gasteiger charge is -2.09. The number of rotatable bonds is 2. The minimum Gasteiger partial charge on any atom is -0.440 e. The summed E-state index contributed by atoms with van der Waals surface area (Å²) in [5, 5.41) is 2.00. The summed E-state index contributed by atoms with van der Waals surface area (Å²) in [6, 6.07) is 3.59. The standard InChI is InChI=1S/C10H9F4NO2/c1-6-2-7(11)4-8(3-6)15-9(16)17-5-10(12,13)14/h2-4H,5H2,1H3,(H,15,16). The fourth-order valence-corrected chi connectivity index (χ4v) is 1.11. The second-order valence-electron chi connectivity index (χ2n) is 3.33. The maximum Gasteiger partial charge on any atom is 0.422 e. The lowest BCUT2D eigenvalue weighted by molar-refractivity contribution is -0.159. The Balaban J connectivity index is 2.56. The molecule has 0 atom stereocenters. The van der Waals surface area contributed by atoms with Crippen molar-refractivity contribution in [3.8, 4) is 0 Å². The van der Waals surface area contributed by atoms with Crippen LogP contribution in [0.4, 0.5) is 28.0 Å². The van der Waals surface area contributed by atoms with Crippen LogP contribution in [0.15, 0.2) is 18.2 Å². The average Bonchev–Trinajstić information content (AvgIpc) is 2.11. The first kappa shape index (κ1) is 13.3. The smallest absolute Gasteiger partial charge is 0.422 e. The minimum absolute atomic E-state index is 0.0367. The summed E-state index contributed by atoms with van der Waals surface area (Å²) >= 11 is 0. The molecule has 0 heterocycles. The summed E-state index contributed by atoms with van der Waals surface area (Å²) < 4.78 is 51.9. The molecule has 1 aromatic carbocycles. The van der Waals surface area contributed by atoms with Crippen molar-refractivity contribution in [3.63, 3.8) is 0 Å². The van der Waals surface area contributed by atoms with Gasteiger partial charge >= 0.3 is 12.3 Å². The molecule has 1 N–H and O–H groups in total. The van der Waals surface area contributed by atoms with E-state index in [1.165, 1.54) is 12.1 Å². The predicted octanol–water partition coefficient (Wildman–Crippen LogP) is 3.24. The highest BCUT2D eigenvalue weighted by Crippen LogP contribution is 2.16. The van der Waals surface area contributed by atoms with Crippen LogP contribution in [0, 0.1) is 12.7 Å².